The van der Waals surface area contributed by atoms with Gasteiger partial charge in [0.05, 0.1) is 11.1 Å². The molecule has 2 aliphatic rings. The number of carbonyl (C=O) groups is 2. The van der Waals surface area contributed by atoms with Gasteiger partial charge >= 0.3 is 6.09 Å². The monoisotopic (exact) mass is 410 g/mol. The van der Waals surface area contributed by atoms with Gasteiger partial charge in [-0.15, -0.1) is 0 Å². The molecule has 30 heavy (non-hydrogen) atoms. The second kappa shape index (κ2) is 8.23. The van der Waals surface area contributed by atoms with Gasteiger partial charge in [-0.2, -0.15) is 5.26 Å². The molecule has 0 N–H and O–H groups in total. The van der Waals surface area contributed by atoms with Crippen molar-refractivity contribution in [3.05, 3.63) is 70.8 Å². The molecule has 5 nitrogen and oxygen atoms in total. The van der Waals surface area contributed by atoms with E-state index in [1.54, 1.807) is 11.0 Å². The van der Waals surface area contributed by atoms with Crippen LogP contribution in [0.15, 0.2) is 42.5 Å². The fourth-order valence-electron chi connectivity index (χ4n) is 4.52. The lowest BCUT2D eigenvalue weighted by Gasteiger charge is -2.37. The van der Waals surface area contributed by atoms with E-state index in [1.165, 1.54) is 0 Å². The molecule has 2 atom stereocenters. The number of fused-ring (bicyclic) bond motifs is 2. The Balaban J connectivity index is 1.44. The highest BCUT2D eigenvalue weighted by Crippen LogP contribution is 2.40. The molecular weight excluding hydrogens is 390 g/mol. The zero-order chi connectivity index (χ0) is 21.3. The summed E-state index contributed by atoms with van der Waals surface area (Å²) in [6.45, 7) is 0.174. The number of hydrogen-bond donors (Lipinski definition) is 0. The molecule has 2 aromatic carbocycles. The lowest BCUT2D eigenvalue weighted by atomic mass is 9.84. The number of Topliss-reactive ketones (excluding diaryl/α,β-unsaturated/α-hetero) is 1. The van der Waals surface area contributed by atoms with Crippen LogP contribution in [0.5, 0.6) is 0 Å². The first-order valence-corrected chi connectivity index (χ1v) is 9.90. The topological polar surface area (TPSA) is 70.4 Å². The number of ketones is 1. The number of rotatable bonds is 4. The molecule has 2 saturated heterocycles. The second-order valence-electron chi connectivity index (χ2n) is 7.79. The molecule has 2 aromatic rings. The third-order valence-electron chi connectivity index (χ3n) is 5.96. The van der Waals surface area contributed by atoms with Crippen LogP contribution in [-0.4, -0.2) is 28.9 Å². The number of nitrogens with zero attached hydrogens (tertiary/aromatic N) is 2. The molecule has 1 amide bonds. The highest BCUT2D eigenvalue weighted by molar-refractivity contribution is 5.98. The zero-order valence-corrected chi connectivity index (χ0v) is 16.2. The number of halogens is 2. The van der Waals surface area contributed by atoms with E-state index in [2.05, 4.69) is 0 Å². The molecule has 0 aliphatic carbocycles. The first-order valence-electron chi connectivity index (χ1n) is 9.90. The smallest absolute Gasteiger partial charge is 0.410 e. The third kappa shape index (κ3) is 3.78. The number of ether oxygens (including phenoxy) is 1. The first kappa shape index (κ1) is 20.0. The van der Waals surface area contributed by atoms with E-state index < -0.39 is 35.0 Å². The van der Waals surface area contributed by atoms with Crippen molar-refractivity contribution in [2.24, 2.45) is 5.92 Å². The number of amides is 1. The highest BCUT2D eigenvalue weighted by Gasteiger charge is 2.46. The lowest BCUT2D eigenvalue weighted by Crippen LogP contribution is -2.48. The minimum atomic E-state index is -0.910. The fourth-order valence-corrected chi connectivity index (χ4v) is 4.52. The lowest BCUT2D eigenvalue weighted by molar-refractivity contribution is 0.0483. The summed E-state index contributed by atoms with van der Waals surface area (Å²) in [7, 11) is 0. The van der Waals surface area contributed by atoms with Crippen molar-refractivity contribution >= 4 is 11.9 Å². The molecular formula is C23H20F2N2O3. The highest BCUT2D eigenvalue weighted by atomic mass is 19.1. The SMILES string of the molecule is N#Cc1cc(F)c(C(=O)C2CC3CCC(C2)N3C(=O)OCc2ccccc2)cc1F. The van der Waals surface area contributed by atoms with Gasteiger partial charge in [-0.1, -0.05) is 30.3 Å². The Morgan fingerprint density at radius 2 is 1.73 bits per heavy atom. The average molecular weight is 410 g/mol. The summed E-state index contributed by atoms with van der Waals surface area (Å²) < 4.78 is 33.6. The number of carbonyl (C=O) groups excluding carboxylic acids is 2. The predicted molar refractivity (Wildman–Crippen MR) is 103 cm³/mol. The number of piperidine rings is 1. The molecule has 2 bridgehead atoms. The Morgan fingerprint density at radius 3 is 2.37 bits per heavy atom. The molecule has 0 spiro atoms. The van der Waals surface area contributed by atoms with E-state index in [-0.39, 0.29) is 24.3 Å². The van der Waals surface area contributed by atoms with E-state index >= 15 is 0 Å². The van der Waals surface area contributed by atoms with E-state index in [9.17, 15) is 18.4 Å². The summed E-state index contributed by atoms with van der Waals surface area (Å²) in [4.78, 5) is 27.2. The Bertz CT molecular complexity index is 1010. The van der Waals surface area contributed by atoms with Crippen LogP contribution in [-0.2, 0) is 11.3 Å². The van der Waals surface area contributed by atoms with Crippen molar-refractivity contribution in [2.75, 3.05) is 0 Å². The van der Waals surface area contributed by atoms with Gasteiger partial charge < -0.3 is 9.64 Å². The number of nitriles is 1. The quantitative estimate of drug-likeness (QED) is 0.691. The van der Waals surface area contributed by atoms with E-state index in [0.29, 0.717) is 12.8 Å². The maximum absolute atomic E-state index is 14.3. The van der Waals surface area contributed by atoms with E-state index in [1.807, 2.05) is 30.3 Å². The Hall–Kier alpha value is -3.27. The molecule has 2 fully saturated rings. The van der Waals surface area contributed by atoms with Crippen LogP contribution in [0.25, 0.3) is 0 Å². The number of benzene rings is 2. The van der Waals surface area contributed by atoms with E-state index in [0.717, 1.165) is 30.5 Å². The van der Waals surface area contributed by atoms with Crippen molar-refractivity contribution < 1.29 is 23.1 Å². The Morgan fingerprint density at radius 1 is 1.07 bits per heavy atom. The molecule has 2 unspecified atom stereocenters. The summed E-state index contributed by atoms with van der Waals surface area (Å²) >= 11 is 0. The predicted octanol–water partition coefficient (Wildman–Crippen LogP) is 4.60. The van der Waals surface area contributed by atoms with Gasteiger partial charge in [-0.05, 0) is 43.4 Å². The van der Waals surface area contributed by atoms with Crippen molar-refractivity contribution in [3.63, 3.8) is 0 Å². The van der Waals surface area contributed by atoms with Gasteiger partial charge in [0.25, 0.3) is 0 Å². The van der Waals surface area contributed by atoms with Crippen LogP contribution in [0.3, 0.4) is 0 Å². The third-order valence-corrected chi connectivity index (χ3v) is 5.96. The fraction of sp³-hybridized carbons (Fsp3) is 0.348. The van der Waals surface area contributed by atoms with Crippen LogP contribution in [0, 0.1) is 28.9 Å². The van der Waals surface area contributed by atoms with Crippen LogP contribution in [0.4, 0.5) is 13.6 Å². The van der Waals surface area contributed by atoms with Gasteiger partial charge in [0.2, 0.25) is 0 Å². The van der Waals surface area contributed by atoms with Crippen molar-refractivity contribution in [1.82, 2.24) is 4.90 Å². The minimum absolute atomic E-state index is 0.160. The van der Waals surface area contributed by atoms with Crippen molar-refractivity contribution in [3.8, 4) is 6.07 Å². The van der Waals surface area contributed by atoms with Gasteiger partial charge in [-0.25, -0.2) is 13.6 Å². The summed E-state index contributed by atoms with van der Waals surface area (Å²) in [5.41, 5.74) is 0.123. The molecule has 0 aromatic heterocycles. The van der Waals surface area contributed by atoms with Gasteiger partial charge in [0.1, 0.15) is 24.3 Å². The molecule has 0 saturated carbocycles. The van der Waals surface area contributed by atoms with E-state index in [4.69, 9.17) is 10.00 Å². The Kier molecular flexibility index (Phi) is 5.49. The standard InChI is InChI=1S/C23H20F2N2O3/c24-20-11-19(21(25)10-16(20)12-26)22(28)15-8-17-6-7-18(9-15)27(17)23(29)30-13-14-4-2-1-3-5-14/h1-5,10-11,15,17-18H,6-9,13H2. The van der Waals surface area contributed by atoms with Crippen LogP contribution in [0.2, 0.25) is 0 Å². The zero-order valence-electron chi connectivity index (χ0n) is 16.2. The largest absolute Gasteiger partial charge is 0.445 e. The van der Waals surface area contributed by atoms with Crippen LogP contribution < -0.4 is 0 Å². The summed E-state index contributed by atoms with van der Waals surface area (Å²) in [5.74, 6) is -2.78. The van der Waals surface area contributed by atoms with Crippen molar-refractivity contribution in [2.45, 2.75) is 44.4 Å². The maximum Gasteiger partial charge on any atom is 0.410 e. The van der Waals surface area contributed by atoms with Gasteiger partial charge in [0.15, 0.2) is 5.78 Å². The summed E-state index contributed by atoms with van der Waals surface area (Å²) in [5, 5.41) is 8.81. The van der Waals surface area contributed by atoms with Gasteiger partial charge in [-0.3, -0.25) is 4.79 Å². The minimum Gasteiger partial charge on any atom is -0.445 e. The molecule has 4 rings (SSSR count). The summed E-state index contributed by atoms with van der Waals surface area (Å²) in [6, 6.07) is 12.2. The molecule has 2 heterocycles. The average Bonchev–Trinajstić information content (AvgIpc) is 3.03. The normalized spacial score (nSPS) is 22.4. The van der Waals surface area contributed by atoms with Crippen LogP contribution in [0.1, 0.15) is 47.2 Å². The molecule has 7 heteroatoms. The second-order valence-corrected chi connectivity index (χ2v) is 7.79. The van der Waals surface area contributed by atoms with Crippen LogP contribution >= 0.6 is 0 Å². The summed E-state index contributed by atoms with van der Waals surface area (Å²) in [6.07, 6.45) is 1.86. The van der Waals surface area contributed by atoms with Crippen molar-refractivity contribution in [1.29, 1.82) is 5.26 Å². The van der Waals surface area contributed by atoms with Gasteiger partial charge in [0, 0.05) is 18.0 Å². The Labute approximate surface area is 172 Å². The molecule has 154 valence electrons. The molecule has 0 radical (unpaired) electrons. The maximum atomic E-state index is 14.3. The first-order chi connectivity index (χ1) is 14.5. The molecule has 2 aliphatic heterocycles. The number of hydrogen-bond acceptors (Lipinski definition) is 4.